The normalized spacial score (nSPS) is 12.5. The highest BCUT2D eigenvalue weighted by atomic mass is 16.5. The molecular formula is C18H23NO3. The molecule has 0 heterocycles. The van der Waals surface area contributed by atoms with Gasteiger partial charge in [-0.25, -0.2) is 4.79 Å². The Labute approximate surface area is 131 Å². The molecule has 1 atom stereocenters. The van der Waals surface area contributed by atoms with Gasteiger partial charge in [0.15, 0.2) is 6.61 Å². The molecule has 4 heteroatoms. The lowest BCUT2D eigenvalue weighted by atomic mass is 9.99. The molecule has 0 saturated heterocycles. The number of nitrogens with one attached hydrogen (secondary N) is 1. The Morgan fingerprint density at radius 2 is 1.91 bits per heavy atom. The van der Waals surface area contributed by atoms with Gasteiger partial charge < -0.3 is 10.1 Å². The molecular weight excluding hydrogens is 278 g/mol. The predicted molar refractivity (Wildman–Crippen MR) is 88.7 cm³/mol. The molecule has 0 unspecified atom stereocenters. The van der Waals surface area contributed by atoms with Crippen LogP contribution in [0.15, 0.2) is 48.6 Å². The number of benzene rings is 1. The molecule has 0 aliphatic carbocycles. The third-order valence-corrected chi connectivity index (χ3v) is 3.26. The maximum atomic E-state index is 11.7. The van der Waals surface area contributed by atoms with E-state index in [0.717, 1.165) is 6.42 Å². The number of anilines is 1. The van der Waals surface area contributed by atoms with Crippen LogP contribution >= 0.6 is 0 Å². The number of allylic oxidation sites excluding steroid dienone is 3. The minimum absolute atomic E-state index is 0.299. The fourth-order valence-corrected chi connectivity index (χ4v) is 1.76. The summed E-state index contributed by atoms with van der Waals surface area (Å²) >= 11 is 0. The van der Waals surface area contributed by atoms with Crippen molar-refractivity contribution in [3.63, 3.8) is 0 Å². The average Bonchev–Trinajstić information content (AvgIpc) is 2.53. The lowest BCUT2D eigenvalue weighted by Crippen LogP contribution is -2.20. The molecule has 118 valence electrons. The fourth-order valence-electron chi connectivity index (χ4n) is 1.76. The van der Waals surface area contributed by atoms with Gasteiger partial charge in [0, 0.05) is 11.8 Å². The molecule has 4 nitrogen and oxygen atoms in total. The minimum atomic E-state index is -0.541. The second kappa shape index (κ2) is 9.55. The van der Waals surface area contributed by atoms with Crippen LogP contribution in [0.1, 0.15) is 38.7 Å². The molecule has 0 bridgehead atoms. The Kier molecular flexibility index (Phi) is 7.68. The zero-order chi connectivity index (χ0) is 16.4. The van der Waals surface area contributed by atoms with Crippen molar-refractivity contribution in [2.24, 2.45) is 0 Å². The SMILES string of the molecule is C/C=C/C=C/C(=O)OCC(=O)Nc1ccc([C@@H](C)CC)cc1. The van der Waals surface area contributed by atoms with Gasteiger partial charge in [0.25, 0.3) is 5.91 Å². The highest BCUT2D eigenvalue weighted by Gasteiger charge is 2.07. The van der Waals surface area contributed by atoms with Crippen molar-refractivity contribution in [1.82, 2.24) is 0 Å². The van der Waals surface area contributed by atoms with E-state index in [-0.39, 0.29) is 12.5 Å². The standard InChI is InChI=1S/C18H23NO3/c1-4-6-7-8-18(21)22-13-17(20)19-16-11-9-15(10-12-16)14(3)5-2/h4,6-12,14H,5,13H2,1-3H3,(H,19,20)/b6-4+,8-7+/t14-/m0/s1. The number of carbonyl (C=O) groups excluding carboxylic acids is 2. The Bertz CT molecular complexity index is 544. The van der Waals surface area contributed by atoms with E-state index in [4.69, 9.17) is 4.74 Å². The third-order valence-electron chi connectivity index (χ3n) is 3.26. The molecule has 1 aromatic carbocycles. The predicted octanol–water partition coefficient (Wildman–Crippen LogP) is 3.81. The first kappa shape index (κ1) is 17.7. The van der Waals surface area contributed by atoms with Crippen molar-refractivity contribution in [2.75, 3.05) is 11.9 Å². The quantitative estimate of drug-likeness (QED) is 0.473. The molecule has 0 aliphatic heterocycles. The topological polar surface area (TPSA) is 55.4 Å². The van der Waals surface area contributed by atoms with Crippen LogP contribution in [0.5, 0.6) is 0 Å². The first-order valence-corrected chi connectivity index (χ1v) is 7.42. The molecule has 0 aliphatic rings. The summed E-state index contributed by atoms with van der Waals surface area (Å²) in [6, 6.07) is 7.70. The van der Waals surface area contributed by atoms with Crippen LogP contribution in [0.4, 0.5) is 5.69 Å². The van der Waals surface area contributed by atoms with Gasteiger partial charge in [-0.3, -0.25) is 4.79 Å². The number of hydrogen-bond acceptors (Lipinski definition) is 3. The zero-order valence-corrected chi connectivity index (χ0v) is 13.3. The molecule has 1 aromatic rings. The van der Waals surface area contributed by atoms with E-state index in [2.05, 4.69) is 19.2 Å². The van der Waals surface area contributed by atoms with Crippen LogP contribution < -0.4 is 5.32 Å². The maximum absolute atomic E-state index is 11.7. The summed E-state index contributed by atoms with van der Waals surface area (Å²) < 4.78 is 4.83. The van der Waals surface area contributed by atoms with Gasteiger partial charge in [-0.2, -0.15) is 0 Å². The lowest BCUT2D eigenvalue weighted by Gasteiger charge is -2.10. The molecule has 1 rings (SSSR count). The van der Waals surface area contributed by atoms with Crippen molar-refractivity contribution >= 4 is 17.6 Å². The number of hydrogen-bond donors (Lipinski definition) is 1. The zero-order valence-electron chi connectivity index (χ0n) is 13.3. The third kappa shape index (κ3) is 6.39. The van der Waals surface area contributed by atoms with E-state index in [1.807, 2.05) is 31.2 Å². The molecule has 0 fully saturated rings. The summed E-state index contributed by atoms with van der Waals surface area (Å²) in [5, 5.41) is 2.69. The average molecular weight is 301 g/mol. The molecule has 1 amide bonds. The monoisotopic (exact) mass is 301 g/mol. The van der Waals surface area contributed by atoms with Crippen molar-refractivity contribution in [2.45, 2.75) is 33.1 Å². The summed E-state index contributed by atoms with van der Waals surface area (Å²) in [5.74, 6) is -0.404. The summed E-state index contributed by atoms with van der Waals surface area (Å²) in [6.07, 6.45) is 7.41. The number of esters is 1. The Morgan fingerprint density at radius 1 is 1.23 bits per heavy atom. The van der Waals surface area contributed by atoms with Crippen molar-refractivity contribution < 1.29 is 14.3 Å². The highest BCUT2D eigenvalue weighted by molar-refractivity contribution is 5.93. The number of carbonyl (C=O) groups is 2. The van der Waals surface area contributed by atoms with Crippen molar-refractivity contribution in [1.29, 1.82) is 0 Å². The largest absolute Gasteiger partial charge is 0.452 e. The van der Waals surface area contributed by atoms with Gasteiger partial charge >= 0.3 is 5.97 Å². The Morgan fingerprint density at radius 3 is 2.50 bits per heavy atom. The summed E-state index contributed by atoms with van der Waals surface area (Å²) in [7, 11) is 0. The van der Waals surface area contributed by atoms with Gasteiger partial charge in [-0.05, 0) is 37.0 Å². The second-order valence-electron chi connectivity index (χ2n) is 4.97. The number of amides is 1. The van der Waals surface area contributed by atoms with Gasteiger partial charge in [0.1, 0.15) is 0 Å². The van der Waals surface area contributed by atoms with E-state index < -0.39 is 5.97 Å². The smallest absolute Gasteiger partial charge is 0.331 e. The highest BCUT2D eigenvalue weighted by Crippen LogP contribution is 2.20. The van der Waals surface area contributed by atoms with E-state index in [1.54, 1.807) is 18.2 Å². The Hall–Kier alpha value is -2.36. The van der Waals surface area contributed by atoms with Crippen LogP contribution in [-0.2, 0) is 14.3 Å². The van der Waals surface area contributed by atoms with E-state index in [1.165, 1.54) is 11.6 Å². The van der Waals surface area contributed by atoms with Crippen molar-refractivity contribution in [3.8, 4) is 0 Å². The van der Waals surface area contributed by atoms with Gasteiger partial charge in [-0.15, -0.1) is 0 Å². The first-order chi connectivity index (χ1) is 10.6. The molecule has 0 aromatic heterocycles. The molecule has 1 N–H and O–H groups in total. The van der Waals surface area contributed by atoms with E-state index >= 15 is 0 Å². The molecule has 22 heavy (non-hydrogen) atoms. The van der Waals surface area contributed by atoms with Gasteiger partial charge in [0.05, 0.1) is 0 Å². The maximum Gasteiger partial charge on any atom is 0.331 e. The second-order valence-corrected chi connectivity index (χ2v) is 4.97. The lowest BCUT2D eigenvalue weighted by molar-refractivity contribution is -0.142. The van der Waals surface area contributed by atoms with Crippen molar-refractivity contribution in [3.05, 3.63) is 54.1 Å². The van der Waals surface area contributed by atoms with Crippen LogP contribution in [0.25, 0.3) is 0 Å². The molecule has 0 saturated carbocycles. The number of rotatable bonds is 7. The van der Waals surface area contributed by atoms with Gasteiger partial charge in [-0.1, -0.05) is 44.2 Å². The van der Waals surface area contributed by atoms with Crippen LogP contribution in [0, 0.1) is 0 Å². The first-order valence-electron chi connectivity index (χ1n) is 7.42. The van der Waals surface area contributed by atoms with E-state index in [9.17, 15) is 9.59 Å². The Balaban J connectivity index is 2.43. The van der Waals surface area contributed by atoms with Crippen LogP contribution in [-0.4, -0.2) is 18.5 Å². The summed E-state index contributed by atoms with van der Waals surface area (Å²) in [5.41, 5.74) is 1.93. The fraction of sp³-hybridized carbons (Fsp3) is 0.333. The summed E-state index contributed by atoms with van der Waals surface area (Å²) in [4.78, 5) is 23.0. The van der Waals surface area contributed by atoms with E-state index in [0.29, 0.717) is 11.6 Å². The molecule has 0 radical (unpaired) electrons. The minimum Gasteiger partial charge on any atom is -0.452 e. The molecule has 0 spiro atoms. The summed E-state index contributed by atoms with van der Waals surface area (Å²) in [6.45, 7) is 5.84. The number of ether oxygens (including phenoxy) is 1. The van der Waals surface area contributed by atoms with Crippen LogP contribution in [0.3, 0.4) is 0 Å². The van der Waals surface area contributed by atoms with Crippen LogP contribution in [0.2, 0.25) is 0 Å². The van der Waals surface area contributed by atoms with Gasteiger partial charge in [0.2, 0.25) is 0 Å².